The fourth-order valence-electron chi connectivity index (χ4n) is 3.77. The van der Waals surface area contributed by atoms with Gasteiger partial charge in [0.25, 0.3) is 0 Å². The molecule has 0 spiro atoms. The normalized spacial score (nSPS) is 24.2. The third-order valence-corrected chi connectivity index (χ3v) is 5.67. The van der Waals surface area contributed by atoms with Crippen molar-refractivity contribution >= 4 is 12.2 Å². The fourth-order valence-corrected chi connectivity index (χ4v) is 3.77. The highest BCUT2D eigenvalue weighted by atomic mass is 14.6. The second-order valence-electron chi connectivity index (χ2n) is 7.04. The highest BCUT2D eigenvalue weighted by Crippen LogP contribution is 2.44. The van der Waals surface area contributed by atoms with Gasteiger partial charge < -0.3 is 5.73 Å². The average Bonchev–Trinajstić information content (AvgIpc) is 3.31. The van der Waals surface area contributed by atoms with Crippen LogP contribution in [0.2, 0.25) is 0 Å². The van der Waals surface area contributed by atoms with E-state index in [1.807, 2.05) is 6.08 Å². The summed E-state index contributed by atoms with van der Waals surface area (Å²) in [4.78, 5) is 0. The van der Waals surface area contributed by atoms with Crippen molar-refractivity contribution in [3.05, 3.63) is 58.8 Å². The van der Waals surface area contributed by atoms with Crippen molar-refractivity contribution in [2.75, 3.05) is 0 Å². The third-order valence-electron chi connectivity index (χ3n) is 5.67. The van der Waals surface area contributed by atoms with Crippen LogP contribution in [-0.2, 0) is 12.8 Å². The maximum Gasteiger partial charge on any atom is 0.0118 e. The van der Waals surface area contributed by atoms with E-state index in [0.717, 1.165) is 25.0 Å². The number of allylic oxidation sites excluding steroid dienone is 2. The second kappa shape index (κ2) is 5.46. The topological polar surface area (TPSA) is 26.0 Å². The van der Waals surface area contributed by atoms with Crippen molar-refractivity contribution in [1.29, 1.82) is 0 Å². The van der Waals surface area contributed by atoms with E-state index in [1.54, 1.807) is 0 Å². The Morgan fingerprint density at radius 2 is 2.09 bits per heavy atom. The molecule has 0 heterocycles. The van der Waals surface area contributed by atoms with Gasteiger partial charge in [0.2, 0.25) is 0 Å². The quantitative estimate of drug-likeness (QED) is 0.757. The molecule has 0 bridgehead atoms. The van der Waals surface area contributed by atoms with E-state index >= 15 is 0 Å². The zero-order valence-electron chi connectivity index (χ0n) is 13.9. The van der Waals surface area contributed by atoms with E-state index in [9.17, 15) is 0 Å². The van der Waals surface area contributed by atoms with Crippen LogP contribution in [-0.4, -0.2) is 0 Å². The van der Waals surface area contributed by atoms with Crippen LogP contribution in [0.4, 0.5) is 0 Å². The molecule has 3 rings (SSSR count). The molecule has 0 radical (unpaired) electrons. The minimum atomic E-state index is 0.232. The molecule has 0 aliphatic heterocycles. The molecule has 1 unspecified atom stereocenters. The van der Waals surface area contributed by atoms with Gasteiger partial charge in [-0.05, 0) is 84.3 Å². The molecule has 0 saturated heterocycles. The van der Waals surface area contributed by atoms with Crippen molar-refractivity contribution in [2.24, 2.45) is 17.1 Å². The lowest BCUT2D eigenvalue weighted by atomic mass is 9.82. The monoisotopic (exact) mass is 293 g/mol. The maximum absolute atomic E-state index is 6.26. The summed E-state index contributed by atoms with van der Waals surface area (Å²) in [6, 6.07) is 2.32. The highest BCUT2D eigenvalue weighted by molar-refractivity contribution is 5.71. The Balaban J connectivity index is 2.09. The van der Waals surface area contributed by atoms with Crippen molar-refractivity contribution < 1.29 is 0 Å². The van der Waals surface area contributed by atoms with Gasteiger partial charge in [0, 0.05) is 5.70 Å². The number of fused-ring (bicyclic) bond motifs is 1. The molecule has 2 N–H and O–H groups in total. The number of rotatable bonds is 5. The Hall–Kier alpha value is -1.76. The highest BCUT2D eigenvalue weighted by Gasteiger charge is 2.35. The van der Waals surface area contributed by atoms with Gasteiger partial charge in [0.05, 0.1) is 0 Å². The summed E-state index contributed by atoms with van der Waals surface area (Å²) in [7, 11) is 0. The van der Waals surface area contributed by atoms with E-state index < -0.39 is 0 Å². The number of hydrogen-bond donors (Lipinski definition) is 1. The standard InChI is InChI=1S/C21H27N/c1-5-15-10-17-12-21(6-2,7-3)13-19(17)14(4)18(15)11-20(22)16-8-9-16/h5-6,10-11,16H,1-2,7-9,12-13,22H2,3-4H3/b20-11-. The average molecular weight is 293 g/mol. The Kier molecular flexibility index (Phi) is 3.76. The molecule has 1 fully saturated rings. The van der Waals surface area contributed by atoms with Crippen molar-refractivity contribution in [3.63, 3.8) is 0 Å². The molecule has 22 heavy (non-hydrogen) atoms. The molecular weight excluding hydrogens is 266 g/mol. The first-order valence-electron chi connectivity index (χ1n) is 8.42. The van der Waals surface area contributed by atoms with Gasteiger partial charge in [-0.15, -0.1) is 6.58 Å². The van der Waals surface area contributed by atoms with Crippen LogP contribution in [0.25, 0.3) is 12.2 Å². The molecular formula is C21H27N. The largest absolute Gasteiger partial charge is 0.402 e. The van der Waals surface area contributed by atoms with Crippen LogP contribution in [0, 0.1) is 18.3 Å². The van der Waals surface area contributed by atoms with Crippen LogP contribution in [0.5, 0.6) is 0 Å². The van der Waals surface area contributed by atoms with E-state index in [2.05, 4.69) is 45.2 Å². The molecule has 1 atom stereocenters. The Labute approximate surface area is 134 Å². The summed E-state index contributed by atoms with van der Waals surface area (Å²) in [6.45, 7) is 12.6. The van der Waals surface area contributed by atoms with Gasteiger partial charge in [0.1, 0.15) is 0 Å². The van der Waals surface area contributed by atoms with Crippen LogP contribution < -0.4 is 5.73 Å². The van der Waals surface area contributed by atoms with Crippen molar-refractivity contribution in [2.45, 2.75) is 46.0 Å². The Morgan fingerprint density at radius 3 is 2.64 bits per heavy atom. The lowest BCUT2D eigenvalue weighted by molar-refractivity contribution is 0.391. The van der Waals surface area contributed by atoms with Gasteiger partial charge in [-0.1, -0.05) is 31.7 Å². The van der Waals surface area contributed by atoms with Crippen molar-refractivity contribution in [3.8, 4) is 0 Å². The molecule has 1 saturated carbocycles. The Morgan fingerprint density at radius 1 is 1.36 bits per heavy atom. The van der Waals surface area contributed by atoms with Gasteiger partial charge in [0.15, 0.2) is 0 Å². The smallest absolute Gasteiger partial charge is 0.0118 e. The molecule has 116 valence electrons. The van der Waals surface area contributed by atoms with E-state index in [1.165, 1.54) is 40.7 Å². The minimum absolute atomic E-state index is 0.232. The van der Waals surface area contributed by atoms with Crippen LogP contribution in [0.15, 0.2) is 31.0 Å². The lowest BCUT2D eigenvalue weighted by Gasteiger charge is -2.22. The molecule has 1 aromatic carbocycles. The lowest BCUT2D eigenvalue weighted by Crippen LogP contribution is -2.16. The number of nitrogens with two attached hydrogens (primary N) is 1. The zero-order chi connectivity index (χ0) is 15.9. The van der Waals surface area contributed by atoms with Crippen LogP contribution in [0.3, 0.4) is 0 Å². The van der Waals surface area contributed by atoms with Gasteiger partial charge in [-0.25, -0.2) is 0 Å². The predicted molar refractivity (Wildman–Crippen MR) is 96.5 cm³/mol. The first-order chi connectivity index (χ1) is 10.5. The fraction of sp³-hybridized carbons (Fsp3) is 0.429. The molecule has 2 aliphatic rings. The summed E-state index contributed by atoms with van der Waals surface area (Å²) in [5.41, 5.74) is 14.4. The molecule has 2 aliphatic carbocycles. The first-order valence-corrected chi connectivity index (χ1v) is 8.42. The summed E-state index contributed by atoms with van der Waals surface area (Å²) in [5, 5.41) is 0. The zero-order valence-corrected chi connectivity index (χ0v) is 13.9. The van der Waals surface area contributed by atoms with Crippen LogP contribution >= 0.6 is 0 Å². The van der Waals surface area contributed by atoms with E-state index in [4.69, 9.17) is 5.73 Å². The second-order valence-corrected chi connectivity index (χ2v) is 7.04. The molecule has 1 nitrogen and oxygen atoms in total. The summed E-state index contributed by atoms with van der Waals surface area (Å²) < 4.78 is 0. The van der Waals surface area contributed by atoms with Gasteiger partial charge in [-0.2, -0.15) is 0 Å². The Bertz CT molecular complexity index is 661. The van der Waals surface area contributed by atoms with Gasteiger partial charge >= 0.3 is 0 Å². The summed E-state index contributed by atoms with van der Waals surface area (Å²) in [5.74, 6) is 0.605. The molecule has 0 amide bonds. The first kappa shape index (κ1) is 15.1. The minimum Gasteiger partial charge on any atom is -0.402 e. The summed E-state index contributed by atoms with van der Waals surface area (Å²) >= 11 is 0. The summed E-state index contributed by atoms with van der Waals surface area (Å²) in [6.07, 6.45) is 12.2. The number of benzene rings is 1. The SMILES string of the molecule is C=Cc1cc2c(c(C)c1/C=C(\N)C1CC1)CC(C=C)(CC)C2. The van der Waals surface area contributed by atoms with Crippen molar-refractivity contribution in [1.82, 2.24) is 0 Å². The van der Waals surface area contributed by atoms with E-state index in [0.29, 0.717) is 5.92 Å². The van der Waals surface area contributed by atoms with E-state index in [-0.39, 0.29) is 5.41 Å². The number of hydrogen-bond acceptors (Lipinski definition) is 1. The molecule has 1 aromatic rings. The van der Waals surface area contributed by atoms with Gasteiger partial charge in [-0.3, -0.25) is 0 Å². The molecule has 0 aromatic heterocycles. The molecule has 1 heteroatoms. The third kappa shape index (κ3) is 2.43. The van der Waals surface area contributed by atoms with Crippen LogP contribution in [0.1, 0.15) is 54.0 Å². The predicted octanol–water partition coefficient (Wildman–Crippen LogP) is 5.03. The maximum atomic E-state index is 6.26.